The third-order valence-corrected chi connectivity index (χ3v) is 3.38. The Balaban J connectivity index is 2.19. The summed E-state index contributed by atoms with van der Waals surface area (Å²) in [5.41, 5.74) is 2.91. The van der Waals surface area contributed by atoms with Gasteiger partial charge in [-0.3, -0.25) is 4.68 Å². The lowest BCUT2D eigenvalue weighted by Gasteiger charge is -2.24. The van der Waals surface area contributed by atoms with Crippen molar-refractivity contribution in [3.8, 4) is 0 Å². The van der Waals surface area contributed by atoms with Crippen LogP contribution in [0.1, 0.15) is 43.9 Å². The van der Waals surface area contributed by atoms with Crippen LogP contribution in [0.15, 0.2) is 6.20 Å². The van der Waals surface area contributed by atoms with Gasteiger partial charge in [0.15, 0.2) is 0 Å². The fourth-order valence-electron chi connectivity index (χ4n) is 2.70. The predicted molar refractivity (Wildman–Crippen MR) is 66.6 cm³/mol. The van der Waals surface area contributed by atoms with E-state index in [-0.39, 0.29) is 0 Å². The Morgan fingerprint density at radius 1 is 1.56 bits per heavy atom. The molecule has 2 rings (SSSR count). The summed E-state index contributed by atoms with van der Waals surface area (Å²) < 4.78 is 2.08. The molecule has 1 aliphatic rings. The van der Waals surface area contributed by atoms with Gasteiger partial charge in [-0.15, -0.1) is 0 Å². The van der Waals surface area contributed by atoms with Gasteiger partial charge in [-0.2, -0.15) is 5.10 Å². The molecule has 3 nitrogen and oxygen atoms in total. The zero-order chi connectivity index (χ0) is 11.5. The molecule has 1 aromatic heterocycles. The molecule has 0 amide bonds. The summed E-state index contributed by atoms with van der Waals surface area (Å²) in [7, 11) is 2.08. The van der Waals surface area contributed by atoms with E-state index in [0.29, 0.717) is 11.8 Å². The summed E-state index contributed by atoms with van der Waals surface area (Å²) >= 11 is 0. The Kier molecular flexibility index (Phi) is 3.64. The van der Waals surface area contributed by atoms with Gasteiger partial charge in [-0.05, 0) is 37.3 Å². The van der Waals surface area contributed by atoms with E-state index < -0.39 is 0 Å². The van der Waals surface area contributed by atoms with Crippen molar-refractivity contribution in [2.45, 2.75) is 39.0 Å². The summed E-state index contributed by atoms with van der Waals surface area (Å²) in [4.78, 5) is 0. The zero-order valence-corrected chi connectivity index (χ0v) is 10.7. The average molecular weight is 221 g/mol. The maximum Gasteiger partial charge on any atom is 0.0524 e. The zero-order valence-electron chi connectivity index (χ0n) is 10.7. The van der Waals surface area contributed by atoms with E-state index in [0.717, 1.165) is 13.0 Å². The Morgan fingerprint density at radius 3 is 3.00 bits per heavy atom. The Labute approximate surface area is 98.2 Å². The van der Waals surface area contributed by atoms with Gasteiger partial charge in [0.25, 0.3) is 0 Å². The molecule has 1 fully saturated rings. The molecule has 0 radical (unpaired) electrons. The van der Waals surface area contributed by atoms with Gasteiger partial charge in [0.2, 0.25) is 0 Å². The first kappa shape index (κ1) is 11.6. The highest BCUT2D eigenvalue weighted by atomic mass is 15.3. The quantitative estimate of drug-likeness (QED) is 0.847. The van der Waals surface area contributed by atoms with Gasteiger partial charge in [-0.1, -0.05) is 13.8 Å². The normalized spacial score (nSPS) is 21.6. The second kappa shape index (κ2) is 5.00. The van der Waals surface area contributed by atoms with Crippen molar-refractivity contribution in [2.24, 2.45) is 13.0 Å². The molecule has 1 unspecified atom stereocenters. The summed E-state index contributed by atoms with van der Waals surface area (Å²) in [5.74, 6) is 1.37. The fraction of sp³-hybridized carbons (Fsp3) is 0.769. The van der Waals surface area contributed by atoms with Gasteiger partial charge < -0.3 is 5.32 Å². The monoisotopic (exact) mass is 221 g/mol. The standard InChI is InChI=1S/C13H23N3/c1-10(2)7-12-9-15-16(3)13(12)11-5-4-6-14-8-11/h9-11,14H,4-8H2,1-3H3. The van der Waals surface area contributed by atoms with Crippen LogP contribution in [0.2, 0.25) is 0 Å². The second-order valence-electron chi connectivity index (χ2n) is 5.32. The van der Waals surface area contributed by atoms with Crippen molar-refractivity contribution in [1.29, 1.82) is 0 Å². The number of aryl methyl sites for hydroxylation is 1. The Hall–Kier alpha value is -0.830. The van der Waals surface area contributed by atoms with Crippen LogP contribution in [0.3, 0.4) is 0 Å². The Morgan fingerprint density at radius 2 is 2.38 bits per heavy atom. The Bertz CT molecular complexity index is 335. The van der Waals surface area contributed by atoms with Crippen LogP contribution < -0.4 is 5.32 Å². The fourth-order valence-corrected chi connectivity index (χ4v) is 2.70. The van der Waals surface area contributed by atoms with E-state index in [1.165, 1.54) is 30.6 Å². The van der Waals surface area contributed by atoms with Crippen LogP contribution in [0.25, 0.3) is 0 Å². The molecule has 2 heterocycles. The number of rotatable bonds is 3. The smallest absolute Gasteiger partial charge is 0.0524 e. The highest BCUT2D eigenvalue weighted by Gasteiger charge is 2.21. The maximum atomic E-state index is 4.43. The molecular formula is C13H23N3. The molecule has 0 spiro atoms. The van der Waals surface area contributed by atoms with Crippen LogP contribution in [-0.4, -0.2) is 22.9 Å². The molecule has 90 valence electrons. The lowest BCUT2D eigenvalue weighted by atomic mass is 9.91. The number of hydrogen-bond acceptors (Lipinski definition) is 2. The van der Waals surface area contributed by atoms with Crippen LogP contribution in [0.5, 0.6) is 0 Å². The van der Waals surface area contributed by atoms with Crippen molar-refractivity contribution in [3.63, 3.8) is 0 Å². The minimum atomic E-state index is 0.662. The lowest BCUT2D eigenvalue weighted by Crippen LogP contribution is -2.30. The first-order valence-corrected chi connectivity index (χ1v) is 6.40. The highest BCUT2D eigenvalue weighted by molar-refractivity contribution is 5.23. The van der Waals surface area contributed by atoms with Crippen molar-refractivity contribution < 1.29 is 0 Å². The minimum Gasteiger partial charge on any atom is -0.316 e. The number of nitrogens with zero attached hydrogens (tertiary/aromatic N) is 2. The summed E-state index contributed by atoms with van der Waals surface area (Å²) in [6.45, 7) is 6.84. The molecule has 3 heteroatoms. The predicted octanol–water partition coefficient (Wildman–Crippen LogP) is 2.09. The van der Waals surface area contributed by atoms with Crippen LogP contribution >= 0.6 is 0 Å². The molecule has 1 saturated heterocycles. The molecule has 1 N–H and O–H groups in total. The average Bonchev–Trinajstić information content (AvgIpc) is 2.60. The topological polar surface area (TPSA) is 29.9 Å². The molecule has 0 bridgehead atoms. The molecule has 0 aromatic carbocycles. The van der Waals surface area contributed by atoms with E-state index in [1.807, 2.05) is 0 Å². The van der Waals surface area contributed by atoms with Crippen molar-refractivity contribution in [3.05, 3.63) is 17.5 Å². The van der Waals surface area contributed by atoms with Gasteiger partial charge >= 0.3 is 0 Å². The molecule has 1 aliphatic heterocycles. The molecule has 1 aromatic rings. The van der Waals surface area contributed by atoms with Crippen LogP contribution in [-0.2, 0) is 13.5 Å². The van der Waals surface area contributed by atoms with E-state index in [1.54, 1.807) is 0 Å². The number of nitrogens with one attached hydrogen (secondary N) is 1. The van der Waals surface area contributed by atoms with Gasteiger partial charge in [0.05, 0.1) is 6.20 Å². The van der Waals surface area contributed by atoms with Crippen molar-refractivity contribution in [1.82, 2.24) is 15.1 Å². The van der Waals surface area contributed by atoms with Crippen LogP contribution in [0.4, 0.5) is 0 Å². The highest BCUT2D eigenvalue weighted by Crippen LogP contribution is 2.27. The SMILES string of the molecule is CC(C)Cc1cnn(C)c1C1CCCNC1. The third-order valence-electron chi connectivity index (χ3n) is 3.38. The van der Waals surface area contributed by atoms with Crippen molar-refractivity contribution in [2.75, 3.05) is 13.1 Å². The van der Waals surface area contributed by atoms with Gasteiger partial charge in [0.1, 0.15) is 0 Å². The number of aromatic nitrogens is 2. The number of piperidine rings is 1. The maximum absolute atomic E-state index is 4.43. The summed E-state index contributed by atoms with van der Waals surface area (Å²) in [6, 6.07) is 0. The third kappa shape index (κ3) is 2.46. The van der Waals surface area contributed by atoms with Crippen molar-refractivity contribution >= 4 is 0 Å². The number of hydrogen-bond donors (Lipinski definition) is 1. The summed E-state index contributed by atoms with van der Waals surface area (Å²) in [5, 5.41) is 7.92. The van der Waals surface area contributed by atoms with E-state index in [9.17, 15) is 0 Å². The molecule has 16 heavy (non-hydrogen) atoms. The first-order valence-electron chi connectivity index (χ1n) is 6.40. The molecular weight excluding hydrogens is 198 g/mol. The second-order valence-corrected chi connectivity index (χ2v) is 5.32. The lowest BCUT2D eigenvalue weighted by molar-refractivity contribution is 0.437. The first-order chi connectivity index (χ1) is 7.68. The van der Waals surface area contributed by atoms with E-state index in [4.69, 9.17) is 0 Å². The molecule has 0 aliphatic carbocycles. The minimum absolute atomic E-state index is 0.662. The van der Waals surface area contributed by atoms with E-state index >= 15 is 0 Å². The van der Waals surface area contributed by atoms with Gasteiger partial charge in [-0.25, -0.2) is 0 Å². The van der Waals surface area contributed by atoms with Crippen LogP contribution in [0, 0.1) is 5.92 Å². The van der Waals surface area contributed by atoms with E-state index in [2.05, 4.69) is 42.2 Å². The summed E-state index contributed by atoms with van der Waals surface area (Å²) in [6.07, 6.45) is 5.80. The largest absolute Gasteiger partial charge is 0.316 e. The molecule has 0 saturated carbocycles. The molecule has 1 atom stereocenters. The van der Waals surface area contributed by atoms with Gasteiger partial charge in [0, 0.05) is 25.2 Å².